The molecule has 0 saturated heterocycles. The second-order valence-corrected chi connectivity index (χ2v) is 4.30. The van der Waals surface area contributed by atoms with Gasteiger partial charge in [-0.3, -0.25) is 0 Å². The topological polar surface area (TPSA) is 12.0 Å². The van der Waals surface area contributed by atoms with E-state index in [4.69, 9.17) is 0 Å². The maximum absolute atomic E-state index is 13.1. The van der Waals surface area contributed by atoms with Gasteiger partial charge >= 0.3 is 0 Å². The van der Waals surface area contributed by atoms with Crippen LogP contribution < -0.4 is 5.32 Å². The average molecular weight is 229 g/mol. The van der Waals surface area contributed by atoms with Gasteiger partial charge in [0.05, 0.1) is 0 Å². The summed E-state index contributed by atoms with van der Waals surface area (Å²) in [6.07, 6.45) is 0. The molecule has 0 atom stereocenters. The highest BCUT2D eigenvalue weighted by molar-refractivity contribution is 5.46. The van der Waals surface area contributed by atoms with Crippen LogP contribution in [0.15, 0.2) is 42.5 Å². The molecule has 0 saturated carbocycles. The van der Waals surface area contributed by atoms with E-state index in [2.05, 4.69) is 36.5 Å². The van der Waals surface area contributed by atoms with Crippen molar-refractivity contribution in [2.75, 3.05) is 5.32 Å². The van der Waals surface area contributed by atoms with E-state index in [0.29, 0.717) is 5.56 Å². The van der Waals surface area contributed by atoms with Gasteiger partial charge in [0.15, 0.2) is 0 Å². The SMILES string of the molecule is Cc1ccc(CNc2ccc(F)c(C)c2)cc1. The Balaban J connectivity index is 2.02. The summed E-state index contributed by atoms with van der Waals surface area (Å²) in [6.45, 7) is 4.60. The minimum atomic E-state index is -0.161. The first kappa shape index (κ1) is 11.6. The third-order valence-corrected chi connectivity index (χ3v) is 2.78. The van der Waals surface area contributed by atoms with Crippen molar-refractivity contribution >= 4 is 5.69 Å². The van der Waals surface area contributed by atoms with Crippen LogP contribution in [0.2, 0.25) is 0 Å². The van der Waals surface area contributed by atoms with Crippen molar-refractivity contribution < 1.29 is 4.39 Å². The number of hydrogen-bond donors (Lipinski definition) is 1. The first-order valence-corrected chi connectivity index (χ1v) is 5.71. The standard InChI is InChI=1S/C15H16FN/c1-11-3-5-13(6-4-11)10-17-14-7-8-15(16)12(2)9-14/h3-9,17H,10H2,1-2H3. The second-order valence-electron chi connectivity index (χ2n) is 4.30. The Bertz CT molecular complexity index is 503. The summed E-state index contributed by atoms with van der Waals surface area (Å²) in [4.78, 5) is 0. The lowest BCUT2D eigenvalue weighted by atomic mass is 10.1. The van der Waals surface area contributed by atoms with Gasteiger partial charge in [0.1, 0.15) is 5.82 Å². The molecule has 0 radical (unpaired) electrons. The Morgan fingerprint density at radius 2 is 1.71 bits per heavy atom. The van der Waals surface area contributed by atoms with Gasteiger partial charge in [0.2, 0.25) is 0 Å². The third kappa shape index (κ3) is 3.06. The molecule has 1 nitrogen and oxygen atoms in total. The molecular formula is C15H16FN. The molecule has 0 bridgehead atoms. The fraction of sp³-hybridized carbons (Fsp3) is 0.200. The van der Waals surface area contributed by atoms with Crippen LogP contribution in [0.25, 0.3) is 0 Å². The zero-order valence-corrected chi connectivity index (χ0v) is 10.1. The van der Waals surface area contributed by atoms with Crippen LogP contribution in [0.1, 0.15) is 16.7 Å². The van der Waals surface area contributed by atoms with Crippen LogP contribution in [-0.4, -0.2) is 0 Å². The van der Waals surface area contributed by atoms with Gasteiger partial charge in [-0.1, -0.05) is 29.8 Å². The van der Waals surface area contributed by atoms with E-state index in [9.17, 15) is 4.39 Å². The maximum atomic E-state index is 13.1. The van der Waals surface area contributed by atoms with E-state index in [1.807, 2.05) is 6.07 Å². The first-order valence-electron chi connectivity index (χ1n) is 5.71. The summed E-state index contributed by atoms with van der Waals surface area (Å²) in [5.41, 5.74) is 4.09. The van der Waals surface area contributed by atoms with Crippen LogP contribution in [-0.2, 0) is 6.54 Å². The predicted octanol–water partition coefficient (Wildman–Crippen LogP) is 4.05. The molecular weight excluding hydrogens is 213 g/mol. The molecule has 0 unspecified atom stereocenters. The van der Waals surface area contributed by atoms with Crippen LogP contribution in [0.3, 0.4) is 0 Å². The Labute approximate surface area is 101 Å². The molecule has 2 rings (SSSR count). The zero-order valence-electron chi connectivity index (χ0n) is 10.1. The second kappa shape index (κ2) is 5.00. The van der Waals surface area contributed by atoms with Gasteiger partial charge < -0.3 is 5.32 Å². The lowest BCUT2D eigenvalue weighted by molar-refractivity contribution is 0.618. The van der Waals surface area contributed by atoms with Crippen molar-refractivity contribution in [1.29, 1.82) is 0 Å². The predicted molar refractivity (Wildman–Crippen MR) is 69.6 cm³/mol. The quantitative estimate of drug-likeness (QED) is 0.837. The van der Waals surface area contributed by atoms with Crippen molar-refractivity contribution in [3.05, 3.63) is 65.0 Å². The first-order chi connectivity index (χ1) is 8.15. The van der Waals surface area contributed by atoms with Crippen molar-refractivity contribution in [2.45, 2.75) is 20.4 Å². The monoisotopic (exact) mass is 229 g/mol. The van der Waals surface area contributed by atoms with Crippen LogP contribution in [0, 0.1) is 19.7 Å². The summed E-state index contributed by atoms with van der Waals surface area (Å²) >= 11 is 0. The van der Waals surface area contributed by atoms with Crippen molar-refractivity contribution in [3.63, 3.8) is 0 Å². The number of nitrogens with one attached hydrogen (secondary N) is 1. The molecule has 0 aliphatic heterocycles. The zero-order chi connectivity index (χ0) is 12.3. The number of halogens is 1. The fourth-order valence-electron chi connectivity index (χ4n) is 1.66. The van der Waals surface area contributed by atoms with E-state index in [-0.39, 0.29) is 5.82 Å². The molecule has 0 aliphatic carbocycles. The van der Waals surface area contributed by atoms with E-state index >= 15 is 0 Å². The van der Waals surface area contributed by atoms with Gasteiger partial charge in [-0.15, -0.1) is 0 Å². The molecule has 0 aromatic heterocycles. The minimum absolute atomic E-state index is 0.161. The summed E-state index contributed by atoms with van der Waals surface area (Å²) in [6, 6.07) is 13.4. The summed E-state index contributed by atoms with van der Waals surface area (Å²) < 4.78 is 13.1. The van der Waals surface area contributed by atoms with Gasteiger partial charge in [-0.2, -0.15) is 0 Å². The Morgan fingerprint density at radius 1 is 1.00 bits per heavy atom. The molecule has 17 heavy (non-hydrogen) atoms. The van der Waals surface area contributed by atoms with Crippen molar-refractivity contribution in [1.82, 2.24) is 0 Å². The molecule has 0 spiro atoms. The summed E-state index contributed by atoms with van der Waals surface area (Å²) in [5.74, 6) is -0.161. The van der Waals surface area contributed by atoms with E-state index in [0.717, 1.165) is 12.2 Å². The van der Waals surface area contributed by atoms with Gasteiger partial charge in [0, 0.05) is 12.2 Å². The van der Waals surface area contributed by atoms with Gasteiger partial charge in [0.25, 0.3) is 0 Å². The number of benzene rings is 2. The van der Waals surface area contributed by atoms with Crippen molar-refractivity contribution in [3.8, 4) is 0 Å². The molecule has 0 amide bonds. The molecule has 2 aromatic carbocycles. The number of rotatable bonds is 3. The lowest BCUT2D eigenvalue weighted by Crippen LogP contribution is -1.99. The maximum Gasteiger partial charge on any atom is 0.126 e. The average Bonchev–Trinajstić information content (AvgIpc) is 2.33. The Hall–Kier alpha value is -1.83. The molecule has 88 valence electrons. The highest BCUT2D eigenvalue weighted by Crippen LogP contribution is 2.14. The third-order valence-electron chi connectivity index (χ3n) is 2.78. The highest BCUT2D eigenvalue weighted by Gasteiger charge is 1.98. The summed E-state index contributed by atoms with van der Waals surface area (Å²) in [7, 11) is 0. The van der Waals surface area contributed by atoms with Crippen molar-refractivity contribution in [2.24, 2.45) is 0 Å². The number of hydrogen-bond acceptors (Lipinski definition) is 1. The number of aryl methyl sites for hydroxylation is 2. The molecule has 2 aromatic rings. The molecule has 2 heteroatoms. The fourth-order valence-corrected chi connectivity index (χ4v) is 1.66. The lowest BCUT2D eigenvalue weighted by Gasteiger charge is -2.08. The van der Waals surface area contributed by atoms with Crippen LogP contribution in [0.5, 0.6) is 0 Å². The Morgan fingerprint density at radius 3 is 2.35 bits per heavy atom. The van der Waals surface area contributed by atoms with E-state index < -0.39 is 0 Å². The van der Waals surface area contributed by atoms with Gasteiger partial charge in [-0.05, 0) is 43.2 Å². The largest absolute Gasteiger partial charge is 0.381 e. The van der Waals surface area contributed by atoms with E-state index in [1.54, 1.807) is 13.0 Å². The molecule has 0 heterocycles. The van der Waals surface area contributed by atoms with Gasteiger partial charge in [-0.25, -0.2) is 4.39 Å². The van der Waals surface area contributed by atoms with E-state index in [1.165, 1.54) is 17.2 Å². The number of anilines is 1. The normalized spacial score (nSPS) is 10.3. The molecule has 1 N–H and O–H groups in total. The smallest absolute Gasteiger partial charge is 0.126 e. The molecule has 0 aliphatic rings. The highest BCUT2D eigenvalue weighted by atomic mass is 19.1. The van der Waals surface area contributed by atoms with Crippen LogP contribution in [0.4, 0.5) is 10.1 Å². The van der Waals surface area contributed by atoms with Crippen LogP contribution >= 0.6 is 0 Å². The summed E-state index contributed by atoms with van der Waals surface area (Å²) in [5, 5.41) is 3.28. The minimum Gasteiger partial charge on any atom is -0.381 e. The molecule has 0 fully saturated rings. The Kier molecular flexibility index (Phi) is 3.43.